The van der Waals surface area contributed by atoms with Crippen molar-refractivity contribution < 1.29 is 0 Å². The number of benzene rings is 9. The highest BCUT2D eigenvalue weighted by Crippen LogP contribution is 2.42. The van der Waals surface area contributed by atoms with E-state index >= 15 is 0 Å². The average molecular weight is 713 g/mol. The molecule has 0 fully saturated rings. The van der Waals surface area contributed by atoms with Crippen LogP contribution in [0.25, 0.3) is 99.5 Å². The molecule has 0 saturated heterocycles. The molecule has 0 radical (unpaired) electrons. The Hall–Kier alpha value is -7.42. The van der Waals surface area contributed by atoms with Gasteiger partial charge in [-0.3, -0.25) is 0 Å². The van der Waals surface area contributed by atoms with Crippen LogP contribution in [0, 0.1) is 0 Å². The minimum Gasteiger partial charge on any atom is -0.309 e. The van der Waals surface area contributed by atoms with Gasteiger partial charge in [-0.05, 0) is 87.0 Å². The first kappa shape index (κ1) is 32.0. The largest absolute Gasteiger partial charge is 0.309 e. The van der Waals surface area contributed by atoms with Gasteiger partial charge in [0.1, 0.15) is 0 Å². The number of para-hydroxylation sites is 2. The molecule has 2 aromatic heterocycles. The van der Waals surface area contributed by atoms with Gasteiger partial charge in [0.15, 0.2) is 0 Å². The molecule has 0 bridgehead atoms. The molecule has 0 aliphatic carbocycles. The second-order valence-corrected chi connectivity index (χ2v) is 14.5. The molecule has 2 heteroatoms. The van der Waals surface area contributed by atoms with Crippen molar-refractivity contribution in [1.29, 1.82) is 0 Å². The zero-order valence-electron chi connectivity index (χ0n) is 30.7. The molecule has 2 heterocycles. The topological polar surface area (TPSA) is 9.86 Å². The number of nitrogens with zero attached hydrogens (tertiary/aromatic N) is 2. The molecule has 262 valence electrons. The van der Waals surface area contributed by atoms with Crippen LogP contribution in [0.1, 0.15) is 0 Å². The second-order valence-electron chi connectivity index (χ2n) is 14.5. The van der Waals surface area contributed by atoms with Gasteiger partial charge < -0.3 is 9.13 Å². The highest BCUT2D eigenvalue weighted by molar-refractivity contribution is 6.26. The van der Waals surface area contributed by atoms with Gasteiger partial charge in [0.25, 0.3) is 0 Å². The summed E-state index contributed by atoms with van der Waals surface area (Å²) < 4.78 is 4.89. The number of hydrogen-bond acceptors (Lipinski definition) is 0. The van der Waals surface area contributed by atoms with Crippen molar-refractivity contribution in [2.24, 2.45) is 0 Å². The van der Waals surface area contributed by atoms with E-state index in [9.17, 15) is 0 Å². The lowest BCUT2D eigenvalue weighted by Crippen LogP contribution is -1.95. The molecule has 0 amide bonds. The van der Waals surface area contributed by atoms with E-state index in [1.807, 2.05) is 0 Å². The third kappa shape index (κ3) is 5.26. The smallest absolute Gasteiger partial charge is 0.0641 e. The van der Waals surface area contributed by atoms with E-state index in [0.29, 0.717) is 0 Å². The molecular weight excluding hydrogens is 677 g/mol. The van der Waals surface area contributed by atoms with E-state index in [2.05, 4.69) is 228 Å². The van der Waals surface area contributed by atoms with Gasteiger partial charge in [-0.25, -0.2) is 0 Å². The Labute approximate surface area is 325 Å². The van der Waals surface area contributed by atoms with Crippen LogP contribution in [0.15, 0.2) is 218 Å². The summed E-state index contributed by atoms with van der Waals surface area (Å²) in [4.78, 5) is 0. The summed E-state index contributed by atoms with van der Waals surface area (Å²) in [5, 5.41) is 5.01. The Balaban J connectivity index is 1.02. The van der Waals surface area contributed by atoms with Crippen molar-refractivity contribution in [2.45, 2.75) is 0 Å². The van der Waals surface area contributed by atoms with Crippen molar-refractivity contribution in [2.75, 3.05) is 0 Å². The van der Waals surface area contributed by atoms with Crippen LogP contribution < -0.4 is 0 Å². The Morgan fingerprint density at radius 3 is 1.05 bits per heavy atom. The van der Waals surface area contributed by atoms with Crippen molar-refractivity contribution in [3.05, 3.63) is 218 Å². The lowest BCUT2D eigenvalue weighted by molar-refractivity contribution is 1.17. The predicted octanol–water partition coefficient (Wildman–Crippen LogP) is 14.5. The molecule has 0 unspecified atom stereocenters. The van der Waals surface area contributed by atoms with Gasteiger partial charge in [-0.15, -0.1) is 0 Å². The number of fused-ring (bicyclic) bond motifs is 7. The minimum atomic E-state index is 1.14. The lowest BCUT2D eigenvalue weighted by atomic mass is 10.0. The van der Waals surface area contributed by atoms with E-state index in [4.69, 9.17) is 0 Å². The van der Waals surface area contributed by atoms with Crippen molar-refractivity contribution in [1.82, 2.24) is 9.13 Å². The summed E-state index contributed by atoms with van der Waals surface area (Å²) in [6, 6.07) is 79.2. The van der Waals surface area contributed by atoms with E-state index < -0.39 is 0 Å². The highest BCUT2D eigenvalue weighted by Gasteiger charge is 2.21. The molecule has 9 aromatic carbocycles. The Morgan fingerprint density at radius 2 is 0.571 bits per heavy atom. The summed E-state index contributed by atoms with van der Waals surface area (Å²) in [7, 11) is 0. The summed E-state index contributed by atoms with van der Waals surface area (Å²) in [6.45, 7) is 0. The summed E-state index contributed by atoms with van der Waals surface area (Å²) >= 11 is 0. The maximum atomic E-state index is 2.47. The fourth-order valence-corrected chi connectivity index (χ4v) is 8.63. The number of rotatable bonds is 6. The van der Waals surface area contributed by atoms with Gasteiger partial charge >= 0.3 is 0 Å². The van der Waals surface area contributed by atoms with Crippen LogP contribution in [-0.4, -0.2) is 9.13 Å². The van der Waals surface area contributed by atoms with Crippen molar-refractivity contribution in [3.63, 3.8) is 0 Å². The zero-order chi connectivity index (χ0) is 37.0. The van der Waals surface area contributed by atoms with Crippen LogP contribution >= 0.6 is 0 Å². The van der Waals surface area contributed by atoms with Gasteiger partial charge in [0.05, 0.1) is 22.1 Å². The van der Waals surface area contributed by atoms with Gasteiger partial charge in [0, 0.05) is 32.9 Å². The standard InChI is InChI=1S/C54H36N2/c1-3-11-37(12-4-1)39-19-23-41(24-20-39)43-27-31-45(32-28-43)55-51-18-10-8-16-49(51)53-52(55)36-35-48-47-15-7-9-17-50(47)56(54(48)53)46-33-29-44(30-34-46)42-25-21-40(22-26-42)38-13-5-2-6-14-38/h1-36H. The normalized spacial score (nSPS) is 11.6. The van der Waals surface area contributed by atoms with Crippen LogP contribution in [-0.2, 0) is 0 Å². The van der Waals surface area contributed by atoms with E-state index in [1.54, 1.807) is 0 Å². The highest BCUT2D eigenvalue weighted by atomic mass is 15.0. The number of hydrogen-bond donors (Lipinski definition) is 0. The zero-order valence-corrected chi connectivity index (χ0v) is 30.7. The predicted molar refractivity (Wildman–Crippen MR) is 237 cm³/mol. The average Bonchev–Trinajstić information content (AvgIpc) is 3.80. The molecule has 0 aliphatic heterocycles. The van der Waals surface area contributed by atoms with Crippen LogP contribution in [0.4, 0.5) is 0 Å². The molecule has 56 heavy (non-hydrogen) atoms. The van der Waals surface area contributed by atoms with Crippen molar-refractivity contribution >= 4 is 43.6 Å². The molecule has 0 spiro atoms. The molecule has 11 rings (SSSR count). The van der Waals surface area contributed by atoms with E-state index in [0.717, 1.165) is 11.4 Å². The Morgan fingerprint density at radius 1 is 0.214 bits per heavy atom. The van der Waals surface area contributed by atoms with Gasteiger partial charge in [0.2, 0.25) is 0 Å². The monoisotopic (exact) mass is 712 g/mol. The van der Waals surface area contributed by atoms with E-state index in [-0.39, 0.29) is 0 Å². The fourth-order valence-electron chi connectivity index (χ4n) is 8.63. The first-order valence-corrected chi connectivity index (χ1v) is 19.3. The molecule has 0 N–H and O–H groups in total. The van der Waals surface area contributed by atoms with Gasteiger partial charge in [-0.2, -0.15) is 0 Å². The molecule has 0 aliphatic rings. The fraction of sp³-hybridized carbons (Fsp3) is 0. The quantitative estimate of drug-likeness (QED) is 0.162. The lowest BCUT2D eigenvalue weighted by Gasteiger charge is -2.12. The van der Waals surface area contributed by atoms with Crippen LogP contribution in [0.3, 0.4) is 0 Å². The molecule has 11 aromatic rings. The van der Waals surface area contributed by atoms with Crippen LogP contribution in [0.2, 0.25) is 0 Å². The minimum absolute atomic E-state index is 1.14. The molecular formula is C54H36N2. The third-order valence-electron chi connectivity index (χ3n) is 11.4. The second kappa shape index (κ2) is 13.2. The van der Waals surface area contributed by atoms with Crippen LogP contribution in [0.5, 0.6) is 0 Å². The summed E-state index contributed by atoms with van der Waals surface area (Å²) in [5.74, 6) is 0. The first-order chi connectivity index (χ1) is 27.8. The maximum absolute atomic E-state index is 2.47. The van der Waals surface area contributed by atoms with Crippen molar-refractivity contribution in [3.8, 4) is 55.9 Å². The summed E-state index contributed by atoms with van der Waals surface area (Å²) in [5.41, 5.74) is 16.8. The van der Waals surface area contributed by atoms with E-state index in [1.165, 1.54) is 88.1 Å². The maximum Gasteiger partial charge on any atom is 0.0641 e. The Bertz CT molecular complexity index is 3170. The third-order valence-corrected chi connectivity index (χ3v) is 11.4. The number of aromatic nitrogens is 2. The molecule has 0 saturated carbocycles. The SMILES string of the molecule is c1ccc(-c2ccc(-c3ccc(-n4c5ccccc5c5c4ccc4c6ccccc6n(-c6ccc(-c7ccc(-c8ccccc8)cc7)cc6)c45)cc3)cc2)cc1. The first-order valence-electron chi connectivity index (χ1n) is 19.3. The summed E-state index contributed by atoms with van der Waals surface area (Å²) in [6.07, 6.45) is 0. The van der Waals surface area contributed by atoms with Gasteiger partial charge in [-0.1, -0.05) is 176 Å². The Kier molecular flexibility index (Phi) is 7.53. The molecule has 2 nitrogen and oxygen atoms in total. The molecule has 0 atom stereocenters.